The Kier molecular flexibility index (Phi) is 4.47. The van der Waals surface area contributed by atoms with Gasteiger partial charge in [-0.3, -0.25) is 0 Å². The molecule has 1 aromatic heterocycles. The van der Waals surface area contributed by atoms with Crippen LogP contribution in [0, 0.1) is 0 Å². The first-order valence-corrected chi connectivity index (χ1v) is 6.40. The third kappa shape index (κ3) is 4.19. The van der Waals surface area contributed by atoms with Crippen molar-refractivity contribution in [3.63, 3.8) is 0 Å². The summed E-state index contributed by atoms with van der Waals surface area (Å²) in [5.74, 6) is 0.320. The van der Waals surface area contributed by atoms with Gasteiger partial charge in [0.05, 0.1) is 11.7 Å². The van der Waals surface area contributed by atoms with Crippen LogP contribution in [0.4, 0.5) is 19.0 Å². The first-order valence-electron chi connectivity index (χ1n) is 6.40. The molecule has 0 fully saturated rings. The molecule has 0 radical (unpaired) electrons. The molecule has 2 rings (SSSR count). The van der Waals surface area contributed by atoms with E-state index >= 15 is 0 Å². The van der Waals surface area contributed by atoms with E-state index in [-0.39, 0.29) is 12.8 Å². The maximum atomic E-state index is 12.6. The number of nitrogen functional groups attached to an aromatic ring is 1. The number of halogens is 3. The lowest BCUT2D eigenvalue weighted by Gasteiger charge is -2.13. The van der Waals surface area contributed by atoms with E-state index in [9.17, 15) is 18.3 Å². The SMILES string of the molecule is Nc1ncccc1CC(O)Cc1cccc(C(F)(F)F)c1. The Morgan fingerprint density at radius 2 is 1.90 bits per heavy atom. The molecule has 0 aliphatic heterocycles. The van der Waals surface area contributed by atoms with Gasteiger partial charge in [0.1, 0.15) is 5.82 Å². The fourth-order valence-corrected chi connectivity index (χ4v) is 2.10. The summed E-state index contributed by atoms with van der Waals surface area (Å²) in [4.78, 5) is 3.90. The minimum absolute atomic E-state index is 0.123. The molecule has 3 N–H and O–H groups in total. The largest absolute Gasteiger partial charge is 0.416 e. The van der Waals surface area contributed by atoms with Gasteiger partial charge in [0.25, 0.3) is 0 Å². The van der Waals surface area contributed by atoms with Gasteiger partial charge in [0.15, 0.2) is 0 Å². The number of aromatic nitrogens is 1. The first-order chi connectivity index (χ1) is 9.86. The topological polar surface area (TPSA) is 59.1 Å². The van der Waals surface area contributed by atoms with Gasteiger partial charge in [-0.05, 0) is 29.7 Å². The highest BCUT2D eigenvalue weighted by atomic mass is 19.4. The number of nitrogens with two attached hydrogens (primary N) is 1. The lowest BCUT2D eigenvalue weighted by Crippen LogP contribution is -2.16. The van der Waals surface area contributed by atoms with E-state index in [0.29, 0.717) is 16.9 Å². The maximum Gasteiger partial charge on any atom is 0.416 e. The normalized spacial score (nSPS) is 13.1. The molecule has 0 amide bonds. The van der Waals surface area contributed by atoms with Crippen molar-refractivity contribution in [2.75, 3.05) is 5.73 Å². The molecule has 2 aromatic rings. The smallest absolute Gasteiger partial charge is 0.392 e. The standard InChI is InChI=1S/C15H15F3N2O/c16-15(17,18)12-5-1-3-10(7-12)8-13(21)9-11-4-2-6-20-14(11)19/h1-7,13,21H,8-9H2,(H2,19,20). The number of hydrogen-bond acceptors (Lipinski definition) is 3. The summed E-state index contributed by atoms with van der Waals surface area (Å²) in [7, 11) is 0. The van der Waals surface area contributed by atoms with Crippen LogP contribution >= 0.6 is 0 Å². The fourth-order valence-electron chi connectivity index (χ4n) is 2.10. The number of nitrogens with zero attached hydrogens (tertiary/aromatic N) is 1. The summed E-state index contributed by atoms with van der Waals surface area (Å²) < 4.78 is 37.9. The van der Waals surface area contributed by atoms with Crippen molar-refractivity contribution in [2.24, 2.45) is 0 Å². The minimum atomic E-state index is -4.38. The third-order valence-corrected chi connectivity index (χ3v) is 3.11. The van der Waals surface area contributed by atoms with Crippen LogP contribution in [0.5, 0.6) is 0 Å². The number of benzene rings is 1. The van der Waals surface area contributed by atoms with Crippen molar-refractivity contribution in [3.05, 3.63) is 59.3 Å². The van der Waals surface area contributed by atoms with Crippen molar-refractivity contribution in [2.45, 2.75) is 25.1 Å². The molecule has 3 nitrogen and oxygen atoms in total. The highest BCUT2D eigenvalue weighted by Gasteiger charge is 2.30. The highest BCUT2D eigenvalue weighted by molar-refractivity contribution is 5.39. The molecule has 0 spiro atoms. The van der Waals surface area contributed by atoms with Crippen LogP contribution in [-0.4, -0.2) is 16.2 Å². The van der Waals surface area contributed by atoms with Crippen LogP contribution in [-0.2, 0) is 19.0 Å². The van der Waals surface area contributed by atoms with E-state index in [4.69, 9.17) is 5.73 Å². The van der Waals surface area contributed by atoms with Crippen LogP contribution in [0.2, 0.25) is 0 Å². The number of aliphatic hydroxyl groups excluding tert-OH is 1. The van der Waals surface area contributed by atoms with E-state index in [0.717, 1.165) is 12.1 Å². The quantitative estimate of drug-likeness (QED) is 0.912. The van der Waals surface area contributed by atoms with E-state index in [1.54, 1.807) is 18.2 Å². The summed E-state index contributed by atoms with van der Waals surface area (Å²) in [6.07, 6.45) is -3.29. The predicted molar refractivity (Wildman–Crippen MR) is 73.5 cm³/mol. The molecule has 1 unspecified atom stereocenters. The maximum absolute atomic E-state index is 12.6. The Labute approximate surface area is 120 Å². The zero-order valence-electron chi connectivity index (χ0n) is 11.1. The molecule has 0 saturated heterocycles. The van der Waals surface area contributed by atoms with Crippen LogP contribution in [0.1, 0.15) is 16.7 Å². The van der Waals surface area contributed by atoms with Gasteiger partial charge in [0.2, 0.25) is 0 Å². The van der Waals surface area contributed by atoms with Crippen LogP contribution in [0.15, 0.2) is 42.6 Å². The van der Waals surface area contributed by atoms with Gasteiger partial charge in [0, 0.05) is 12.6 Å². The van der Waals surface area contributed by atoms with Crippen molar-refractivity contribution in [1.82, 2.24) is 4.98 Å². The lowest BCUT2D eigenvalue weighted by atomic mass is 10.0. The lowest BCUT2D eigenvalue weighted by molar-refractivity contribution is -0.137. The fraction of sp³-hybridized carbons (Fsp3) is 0.267. The van der Waals surface area contributed by atoms with Gasteiger partial charge in [-0.25, -0.2) is 4.98 Å². The Hall–Kier alpha value is -2.08. The Morgan fingerprint density at radius 1 is 1.14 bits per heavy atom. The van der Waals surface area contributed by atoms with Crippen LogP contribution < -0.4 is 5.73 Å². The molecule has 0 aliphatic rings. The molecular formula is C15H15F3N2O. The highest BCUT2D eigenvalue weighted by Crippen LogP contribution is 2.29. The zero-order valence-corrected chi connectivity index (χ0v) is 11.1. The molecule has 1 aromatic carbocycles. The van der Waals surface area contributed by atoms with Gasteiger partial charge in [-0.2, -0.15) is 13.2 Å². The summed E-state index contributed by atoms with van der Waals surface area (Å²) in [5.41, 5.74) is 6.07. The number of anilines is 1. The minimum Gasteiger partial charge on any atom is -0.392 e. The van der Waals surface area contributed by atoms with Crippen LogP contribution in [0.25, 0.3) is 0 Å². The van der Waals surface area contributed by atoms with Crippen molar-refractivity contribution >= 4 is 5.82 Å². The Bertz CT molecular complexity index is 614. The van der Waals surface area contributed by atoms with E-state index in [1.165, 1.54) is 12.3 Å². The number of alkyl halides is 3. The van der Waals surface area contributed by atoms with E-state index < -0.39 is 17.8 Å². The van der Waals surface area contributed by atoms with Gasteiger partial charge in [-0.15, -0.1) is 0 Å². The third-order valence-electron chi connectivity index (χ3n) is 3.11. The van der Waals surface area contributed by atoms with Gasteiger partial charge < -0.3 is 10.8 Å². The molecule has 1 atom stereocenters. The number of pyridine rings is 1. The molecule has 1 heterocycles. The zero-order chi connectivity index (χ0) is 15.5. The summed E-state index contributed by atoms with van der Waals surface area (Å²) >= 11 is 0. The summed E-state index contributed by atoms with van der Waals surface area (Å²) in [6.45, 7) is 0. The van der Waals surface area contributed by atoms with E-state index in [1.807, 2.05) is 0 Å². The van der Waals surface area contributed by atoms with Crippen molar-refractivity contribution in [1.29, 1.82) is 0 Å². The van der Waals surface area contributed by atoms with Crippen molar-refractivity contribution < 1.29 is 18.3 Å². The summed E-state index contributed by atoms with van der Waals surface area (Å²) in [5, 5.41) is 10.0. The molecule has 21 heavy (non-hydrogen) atoms. The second-order valence-corrected chi connectivity index (χ2v) is 4.81. The Morgan fingerprint density at radius 3 is 2.57 bits per heavy atom. The van der Waals surface area contributed by atoms with Crippen molar-refractivity contribution in [3.8, 4) is 0 Å². The number of rotatable bonds is 4. The molecule has 0 saturated carbocycles. The molecule has 0 aliphatic carbocycles. The van der Waals surface area contributed by atoms with Crippen LogP contribution in [0.3, 0.4) is 0 Å². The molecule has 0 bridgehead atoms. The van der Waals surface area contributed by atoms with Gasteiger partial charge in [-0.1, -0.05) is 24.3 Å². The van der Waals surface area contributed by atoms with Gasteiger partial charge >= 0.3 is 6.18 Å². The molecule has 6 heteroatoms. The second kappa shape index (κ2) is 6.13. The second-order valence-electron chi connectivity index (χ2n) is 4.81. The molecular weight excluding hydrogens is 281 g/mol. The average Bonchev–Trinajstić information content (AvgIpc) is 2.41. The molecule has 112 valence electrons. The number of hydrogen-bond donors (Lipinski definition) is 2. The first kappa shape index (κ1) is 15.3. The number of aliphatic hydroxyl groups is 1. The Balaban J connectivity index is 2.06. The monoisotopic (exact) mass is 296 g/mol. The summed E-state index contributed by atoms with van der Waals surface area (Å²) in [6, 6.07) is 8.39. The predicted octanol–water partition coefficient (Wildman–Crippen LogP) is 2.83. The average molecular weight is 296 g/mol. The van der Waals surface area contributed by atoms with E-state index in [2.05, 4.69) is 4.98 Å².